The molecule has 26 heavy (non-hydrogen) atoms. The molecule has 2 N–H and O–H groups in total. The number of amides is 1. The second kappa shape index (κ2) is 8.60. The molecule has 0 bridgehead atoms. The molecule has 0 unspecified atom stereocenters. The first-order valence-electron chi connectivity index (χ1n) is 9.56. The maximum atomic E-state index is 12.3. The van der Waals surface area contributed by atoms with Gasteiger partial charge in [0.2, 0.25) is 5.88 Å². The molecule has 1 saturated heterocycles. The largest absolute Gasteiger partial charge is 0.477 e. The summed E-state index contributed by atoms with van der Waals surface area (Å²) in [6, 6.07) is 2.11. The Hall–Kier alpha value is -1.98. The first kappa shape index (κ1) is 20.3. The highest BCUT2D eigenvalue weighted by molar-refractivity contribution is 5.68. The number of carbonyl (C=O) groups excluding carboxylic acids is 1. The van der Waals surface area contributed by atoms with E-state index in [9.17, 15) is 4.79 Å². The summed E-state index contributed by atoms with van der Waals surface area (Å²) in [5, 5.41) is 0. The number of nitrogens with two attached hydrogens (primary N) is 1. The van der Waals surface area contributed by atoms with E-state index in [1.807, 2.05) is 31.7 Å². The molecule has 0 aromatic carbocycles. The van der Waals surface area contributed by atoms with Crippen molar-refractivity contribution in [1.82, 2.24) is 9.88 Å². The number of anilines is 1. The third kappa shape index (κ3) is 5.78. The molecule has 2 rings (SSSR count). The second-order valence-electron chi connectivity index (χ2n) is 8.14. The van der Waals surface area contributed by atoms with Gasteiger partial charge in [0, 0.05) is 18.2 Å². The maximum Gasteiger partial charge on any atom is 0.410 e. The van der Waals surface area contributed by atoms with Crippen LogP contribution in [0.5, 0.6) is 5.88 Å². The summed E-state index contributed by atoms with van der Waals surface area (Å²) in [7, 11) is 0. The molecule has 6 heteroatoms. The Morgan fingerprint density at radius 1 is 1.42 bits per heavy atom. The van der Waals surface area contributed by atoms with E-state index >= 15 is 0 Å². The van der Waals surface area contributed by atoms with E-state index in [1.54, 1.807) is 6.20 Å². The number of piperidine rings is 1. The number of pyridine rings is 1. The lowest BCUT2D eigenvalue weighted by Crippen LogP contribution is -2.46. The number of likely N-dealkylation sites (tertiary alicyclic amines) is 1. The second-order valence-corrected chi connectivity index (χ2v) is 8.14. The number of aromatic nitrogens is 1. The minimum Gasteiger partial charge on any atom is -0.477 e. The SMILES string of the molecule is CCc1cc(N)cnc1OCC[C@H]1CCN(C(=O)OC(C)(C)C)[C@@H](C)C1. The van der Waals surface area contributed by atoms with Gasteiger partial charge in [0.05, 0.1) is 18.5 Å². The molecular formula is C20H33N3O3. The van der Waals surface area contributed by atoms with E-state index < -0.39 is 5.60 Å². The first-order valence-corrected chi connectivity index (χ1v) is 9.56. The fourth-order valence-corrected chi connectivity index (χ4v) is 3.35. The van der Waals surface area contributed by atoms with Crippen LogP contribution < -0.4 is 10.5 Å². The molecule has 0 aliphatic carbocycles. The number of rotatable bonds is 5. The molecule has 2 heterocycles. The van der Waals surface area contributed by atoms with Crippen LogP contribution in [0.1, 0.15) is 59.4 Å². The summed E-state index contributed by atoms with van der Waals surface area (Å²) in [4.78, 5) is 18.4. The Morgan fingerprint density at radius 3 is 2.77 bits per heavy atom. The van der Waals surface area contributed by atoms with Crippen LogP contribution in [0.25, 0.3) is 0 Å². The highest BCUT2D eigenvalue weighted by Gasteiger charge is 2.31. The zero-order valence-electron chi connectivity index (χ0n) is 16.7. The van der Waals surface area contributed by atoms with Gasteiger partial charge in [-0.25, -0.2) is 9.78 Å². The van der Waals surface area contributed by atoms with Crippen LogP contribution in [0.15, 0.2) is 12.3 Å². The summed E-state index contributed by atoms with van der Waals surface area (Å²) in [5.74, 6) is 1.23. The number of nitrogen functional groups attached to an aromatic ring is 1. The van der Waals surface area contributed by atoms with Gasteiger partial charge in [-0.15, -0.1) is 0 Å². The standard InChI is InChI=1S/C20H33N3O3/c1-6-16-12-17(21)13-22-18(16)25-10-8-15-7-9-23(14(2)11-15)19(24)26-20(3,4)5/h12-15H,6-11,21H2,1-5H3/t14-,15+/m0/s1. The summed E-state index contributed by atoms with van der Waals surface area (Å²) < 4.78 is 11.4. The van der Waals surface area contributed by atoms with Crippen molar-refractivity contribution in [3.8, 4) is 5.88 Å². The lowest BCUT2D eigenvalue weighted by atomic mass is 9.89. The van der Waals surface area contributed by atoms with Gasteiger partial charge in [-0.05, 0) is 65.4 Å². The highest BCUT2D eigenvalue weighted by Crippen LogP contribution is 2.27. The van der Waals surface area contributed by atoms with Crippen LogP contribution in [0, 0.1) is 5.92 Å². The fraction of sp³-hybridized carbons (Fsp3) is 0.700. The van der Waals surface area contributed by atoms with Gasteiger partial charge in [-0.3, -0.25) is 0 Å². The molecule has 0 spiro atoms. The van der Waals surface area contributed by atoms with Crippen molar-refractivity contribution in [2.75, 3.05) is 18.9 Å². The van der Waals surface area contributed by atoms with E-state index in [0.717, 1.165) is 37.8 Å². The Kier molecular flexibility index (Phi) is 6.73. The van der Waals surface area contributed by atoms with Gasteiger partial charge < -0.3 is 20.1 Å². The molecule has 1 aromatic rings. The minimum atomic E-state index is -0.454. The predicted molar refractivity (Wildman–Crippen MR) is 103 cm³/mol. The van der Waals surface area contributed by atoms with Gasteiger partial charge in [0.1, 0.15) is 5.60 Å². The third-order valence-electron chi connectivity index (χ3n) is 4.71. The van der Waals surface area contributed by atoms with Crippen LogP contribution in [0.2, 0.25) is 0 Å². The Bertz CT molecular complexity index is 613. The number of nitrogens with zero attached hydrogens (tertiary/aromatic N) is 2. The van der Waals surface area contributed by atoms with Crippen LogP contribution in [-0.4, -0.2) is 40.8 Å². The molecule has 1 aliphatic rings. The number of hydrogen-bond acceptors (Lipinski definition) is 5. The minimum absolute atomic E-state index is 0.185. The van der Waals surface area contributed by atoms with Crippen molar-refractivity contribution in [3.63, 3.8) is 0 Å². The first-order chi connectivity index (χ1) is 12.2. The van der Waals surface area contributed by atoms with Crippen molar-refractivity contribution in [2.24, 2.45) is 5.92 Å². The van der Waals surface area contributed by atoms with Crippen LogP contribution >= 0.6 is 0 Å². The van der Waals surface area contributed by atoms with Crippen LogP contribution in [0.4, 0.5) is 10.5 Å². The predicted octanol–water partition coefficient (Wildman–Crippen LogP) is 4.03. The van der Waals surface area contributed by atoms with Gasteiger partial charge in [-0.1, -0.05) is 6.92 Å². The van der Waals surface area contributed by atoms with Crippen molar-refractivity contribution in [3.05, 3.63) is 17.8 Å². The third-order valence-corrected chi connectivity index (χ3v) is 4.71. The fourth-order valence-electron chi connectivity index (χ4n) is 3.35. The Balaban J connectivity index is 1.80. The molecule has 146 valence electrons. The van der Waals surface area contributed by atoms with Crippen molar-refractivity contribution < 1.29 is 14.3 Å². The average Bonchev–Trinajstić information content (AvgIpc) is 2.54. The molecule has 6 nitrogen and oxygen atoms in total. The monoisotopic (exact) mass is 363 g/mol. The Labute approximate surface area is 157 Å². The summed E-state index contributed by atoms with van der Waals surface area (Å²) in [6.45, 7) is 11.2. The molecule has 1 fully saturated rings. The topological polar surface area (TPSA) is 77.7 Å². The number of hydrogen-bond donors (Lipinski definition) is 1. The Morgan fingerprint density at radius 2 is 2.15 bits per heavy atom. The van der Waals surface area contributed by atoms with Crippen molar-refractivity contribution in [2.45, 2.75) is 71.9 Å². The molecule has 2 atom stereocenters. The molecule has 1 amide bonds. The van der Waals surface area contributed by atoms with E-state index in [4.69, 9.17) is 15.2 Å². The van der Waals surface area contributed by atoms with E-state index in [-0.39, 0.29) is 12.1 Å². The smallest absolute Gasteiger partial charge is 0.410 e. The summed E-state index contributed by atoms with van der Waals surface area (Å²) in [5.41, 5.74) is 7.03. The number of aryl methyl sites for hydroxylation is 1. The van der Waals surface area contributed by atoms with Crippen molar-refractivity contribution in [1.29, 1.82) is 0 Å². The normalized spacial score (nSPS) is 20.7. The van der Waals surface area contributed by atoms with E-state index in [1.165, 1.54) is 0 Å². The van der Waals surface area contributed by atoms with Crippen LogP contribution in [-0.2, 0) is 11.2 Å². The molecule has 1 aromatic heterocycles. The number of ether oxygens (including phenoxy) is 2. The van der Waals surface area contributed by atoms with E-state index in [2.05, 4.69) is 18.8 Å². The maximum absolute atomic E-state index is 12.3. The molecule has 0 radical (unpaired) electrons. The van der Waals surface area contributed by atoms with Crippen LogP contribution in [0.3, 0.4) is 0 Å². The lowest BCUT2D eigenvalue weighted by molar-refractivity contribution is 0.00612. The van der Waals surface area contributed by atoms with Gasteiger partial charge in [0.15, 0.2) is 0 Å². The van der Waals surface area contributed by atoms with E-state index in [0.29, 0.717) is 24.1 Å². The zero-order valence-corrected chi connectivity index (χ0v) is 16.7. The zero-order chi connectivity index (χ0) is 19.3. The summed E-state index contributed by atoms with van der Waals surface area (Å²) in [6.07, 6.45) is 5.18. The van der Waals surface area contributed by atoms with Gasteiger partial charge >= 0.3 is 6.09 Å². The summed E-state index contributed by atoms with van der Waals surface area (Å²) >= 11 is 0. The molecular weight excluding hydrogens is 330 g/mol. The van der Waals surface area contributed by atoms with Gasteiger partial charge in [-0.2, -0.15) is 0 Å². The molecule has 1 aliphatic heterocycles. The average molecular weight is 364 g/mol. The van der Waals surface area contributed by atoms with Gasteiger partial charge in [0.25, 0.3) is 0 Å². The lowest BCUT2D eigenvalue weighted by Gasteiger charge is -2.38. The van der Waals surface area contributed by atoms with Crippen molar-refractivity contribution >= 4 is 11.8 Å². The quantitative estimate of drug-likeness (QED) is 0.854. The molecule has 0 saturated carbocycles. The highest BCUT2D eigenvalue weighted by atomic mass is 16.6. The number of carbonyl (C=O) groups is 1.